The van der Waals surface area contributed by atoms with Crippen LogP contribution in [-0.4, -0.2) is 41.8 Å². The van der Waals surface area contributed by atoms with E-state index >= 15 is 0 Å². The van der Waals surface area contributed by atoms with E-state index in [4.69, 9.17) is 4.74 Å². The highest BCUT2D eigenvalue weighted by Gasteiger charge is 2.20. The van der Waals surface area contributed by atoms with Gasteiger partial charge in [-0.25, -0.2) is 14.6 Å². The molecule has 1 aromatic carbocycles. The quantitative estimate of drug-likeness (QED) is 0.366. The molecule has 0 radical (unpaired) electrons. The molecule has 5 rings (SSSR count). The number of ether oxygens (including phenoxy) is 1. The van der Waals surface area contributed by atoms with Crippen molar-refractivity contribution in [3.05, 3.63) is 75.0 Å². The maximum Gasteiger partial charge on any atom is 0.413 e. The first-order valence-corrected chi connectivity index (χ1v) is 9.98. The molecule has 32 heavy (non-hydrogen) atoms. The molecule has 11 heteroatoms. The Balaban J connectivity index is 1.49. The summed E-state index contributed by atoms with van der Waals surface area (Å²) in [6.45, 7) is 0.125. The molecule has 0 unspecified atom stereocenters. The summed E-state index contributed by atoms with van der Waals surface area (Å²) in [6.07, 6.45) is 4.40. The van der Waals surface area contributed by atoms with E-state index in [0.717, 1.165) is 18.4 Å². The Morgan fingerprint density at radius 3 is 2.84 bits per heavy atom. The van der Waals surface area contributed by atoms with Crippen LogP contribution in [0.25, 0.3) is 11.7 Å². The van der Waals surface area contributed by atoms with E-state index in [2.05, 4.69) is 30.4 Å². The first kappa shape index (κ1) is 19.5. The number of hydrogen-bond donors (Lipinski definition) is 4. The number of carbonyl (C=O) groups excluding carboxylic acids is 1. The summed E-state index contributed by atoms with van der Waals surface area (Å²) in [5.41, 5.74) is 1.44. The topological polar surface area (TPSA) is 150 Å². The van der Waals surface area contributed by atoms with Crippen molar-refractivity contribution >= 4 is 23.6 Å². The van der Waals surface area contributed by atoms with E-state index < -0.39 is 11.8 Å². The lowest BCUT2D eigenvalue weighted by Crippen LogP contribution is -2.22. The van der Waals surface area contributed by atoms with Crippen LogP contribution in [0.1, 0.15) is 24.1 Å². The monoisotopic (exact) mass is 433 g/mol. The fourth-order valence-corrected chi connectivity index (χ4v) is 3.12. The number of nitrogens with one attached hydrogen (secondary N) is 3. The van der Waals surface area contributed by atoms with Gasteiger partial charge in [-0.1, -0.05) is 30.3 Å². The van der Waals surface area contributed by atoms with Crippen LogP contribution in [0.3, 0.4) is 0 Å². The number of aromatic amines is 2. The number of aromatic hydroxyl groups is 1. The molecule has 4 aromatic rings. The number of amides is 1. The van der Waals surface area contributed by atoms with Crippen LogP contribution in [0.2, 0.25) is 0 Å². The molecule has 0 aliphatic heterocycles. The summed E-state index contributed by atoms with van der Waals surface area (Å²) in [5, 5.41) is 17.3. The van der Waals surface area contributed by atoms with Crippen LogP contribution in [0.4, 0.5) is 10.6 Å². The Morgan fingerprint density at radius 1 is 1.31 bits per heavy atom. The van der Waals surface area contributed by atoms with Gasteiger partial charge in [-0.15, -0.1) is 0 Å². The molecule has 0 bridgehead atoms. The zero-order chi connectivity index (χ0) is 22.1. The van der Waals surface area contributed by atoms with Gasteiger partial charge < -0.3 is 14.8 Å². The summed E-state index contributed by atoms with van der Waals surface area (Å²) >= 11 is 0. The normalized spacial score (nSPS) is 14.8. The minimum atomic E-state index is -0.652. The summed E-state index contributed by atoms with van der Waals surface area (Å²) in [6, 6.07) is 11.2. The average molecular weight is 433 g/mol. The number of anilines is 1. The predicted molar refractivity (Wildman–Crippen MR) is 114 cm³/mol. The lowest BCUT2D eigenvalue weighted by Gasteiger charge is -2.07. The van der Waals surface area contributed by atoms with Crippen LogP contribution in [0, 0.1) is 0 Å². The first-order chi connectivity index (χ1) is 15.5. The Morgan fingerprint density at radius 2 is 2.12 bits per heavy atom. The van der Waals surface area contributed by atoms with Gasteiger partial charge in [0, 0.05) is 11.3 Å². The molecule has 3 aromatic heterocycles. The predicted octanol–water partition coefficient (Wildman–Crippen LogP) is 0.811. The lowest BCUT2D eigenvalue weighted by atomic mass is 10.2. The van der Waals surface area contributed by atoms with Gasteiger partial charge in [-0.3, -0.25) is 15.3 Å². The first-order valence-electron chi connectivity index (χ1n) is 9.98. The molecule has 1 saturated carbocycles. The van der Waals surface area contributed by atoms with Gasteiger partial charge in [0.1, 0.15) is 18.1 Å². The Hall–Kier alpha value is -4.41. The number of H-pyrrole nitrogens is 2. The molecular weight excluding hydrogens is 414 g/mol. The molecule has 0 atom stereocenters. The van der Waals surface area contributed by atoms with Crippen molar-refractivity contribution in [3.63, 3.8) is 0 Å². The van der Waals surface area contributed by atoms with E-state index in [1.807, 2.05) is 30.3 Å². The number of fused-ring (bicyclic) bond motifs is 1. The maximum absolute atomic E-state index is 12.3. The third-order valence-electron chi connectivity index (χ3n) is 4.82. The zero-order valence-electron chi connectivity index (χ0n) is 16.8. The highest BCUT2D eigenvalue weighted by molar-refractivity contribution is 5.83. The Labute approximate surface area is 180 Å². The van der Waals surface area contributed by atoms with E-state index in [1.54, 1.807) is 10.6 Å². The number of benzene rings is 1. The van der Waals surface area contributed by atoms with Gasteiger partial charge >= 0.3 is 11.8 Å². The molecule has 0 spiro atoms. The van der Waals surface area contributed by atoms with E-state index in [1.165, 1.54) is 12.3 Å². The summed E-state index contributed by atoms with van der Waals surface area (Å²) < 4.78 is 6.82. The second kappa shape index (κ2) is 8.02. The molecule has 1 aliphatic carbocycles. The summed E-state index contributed by atoms with van der Waals surface area (Å²) in [5.74, 6) is -0.0482. The minimum Gasteiger partial charge on any atom is -0.493 e. The van der Waals surface area contributed by atoms with E-state index in [0.29, 0.717) is 16.4 Å². The smallest absolute Gasteiger partial charge is 0.413 e. The van der Waals surface area contributed by atoms with Gasteiger partial charge in [0.15, 0.2) is 11.1 Å². The van der Waals surface area contributed by atoms with Gasteiger partial charge in [-0.2, -0.15) is 9.61 Å². The van der Waals surface area contributed by atoms with Crippen molar-refractivity contribution in [2.45, 2.75) is 25.5 Å². The molecular formula is C21H19N7O4. The fraction of sp³-hybridized carbons (Fsp3) is 0.190. The lowest BCUT2D eigenvalue weighted by molar-refractivity contribution is 0.155. The van der Waals surface area contributed by atoms with Gasteiger partial charge in [-0.05, 0) is 24.5 Å². The summed E-state index contributed by atoms with van der Waals surface area (Å²) in [7, 11) is 0. The highest BCUT2D eigenvalue weighted by Crippen LogP contribution is 2.22. The van der Waals surface area contributed by atoms with Crippen molar-refractivity contribution in [1.82, 2.24) is 24.6 Å². The van der Waals surface area contributed by atoms with Crippen molar-refractivity contribution < 1.29 is 14.6 Å². The van der Waals surface area contributed by atoms with Crippen LogP contribution >= 0.6 is 0 Å². The number of carbonyl (C=O) groups is 1. The SMILES string of the molecule is O=C(Nc1cc(=NC2CC2)n2ncc(=Cc3[nH]c(=O)[nH]c3O)c2n1)OCc1ccccc1. The molecule has 4 N–H and O–H groups in total. The van der Waals surface area contributed by atoms with Crippen LogP contribution in [0.15, 0.2) is 52.4 Å². The molecule has 0 saturated heterocycles. The second-order valence-corrected chi connectivity index (χ2v) is 7.37. The third-order valence-corrected chi connectivity index (χ3v) is 4.82. The van der Waals surface area contributed by atoms with Crippen molar-refractivity contribution in [2.75, 3.05) is 5.32 Å². The molecule has 1 aliphatic rings. The molecule has 11 nitrogen and oxygen atoms in total. The van der Waals surface area contributed by atoms with Gasteiger partial charge in [0.05, 0.1) is 12.2 Å². The zero-order valence-corrected chi connectivity index (χ0v) is 16.8. The Kier molecular flexibility index (Phi) is 4.90. The Bertz CT molecular complexity index is 1470. The molecule has 1 fully saturated rings. The second-order valence-electron chi connectivity index (χ2n) is 7.37. The largest absolute Gasteiger partial charge is 0.493 e. The fourth-order valence-electron chi connectivity index (χ4n) is 3.12. The van der Waals surface area contributed by atoms with E-state index in [9.17, 15) is 14.7 Å². The van der Waals surface area contributed by atoms with Crippen LogP contribution < -0.4 is 21.7 Å². The molecule has 162 valence electrons. The van der Waals surface area contributed by atoms with Crippen LogP contribution in [-0.2, 0) is 11.3 Å². The highest BCUT2D eigenvalue weighted by atomic mass is 16.5. The summed E-state index contributed by atoms with van der Waals surface area (Å²) in [4.78, 5) is 37.6. The van der Waals surface area contributed by atoms with E-state index in [-0.39, 0.29) is 30.0 Å². The maximum atomic E-state index is 12.3. The number of aromatic nitrogens is 5. The number of nitrogens with zero attached hydrogens (tertiary/aromatic N) is 4. The number of imidazole rings is 1. The van der Waals surface area contributed by atoms with Crippen molar-refractivity contribution in [2.24, 2.45) is 4.99 Å². The molecule has 1 amide bonds. The molecule has 3 heterocycles. The van der Waals surface area contributed by atoms with Crippen LogP contribution in [0.5, 0.6) is 5.88 Å². The van der Waals surface area contributed by atoms with Crippen molar-refractivity contribution in [1.29, 1.82) is 0 Å². The standard InChI is InChI=1S/C21H19N7O4/c29-19-15(24-20(30)27-19)8-13-10-22-28-17(23-14-6-7-14)9-16(25-18(13)28)26-21(31)32-11-12-4-2-1-3-5-12/h1-5,8-10,14,29H,6-7,11H2,(H,26,31)(H2,24,27,30). The average Bonchev–Trinajstić information content (AvgIpc) is 3.41. The van der Waals surface area contributed by atoms with Gasteiger partial charge in [0.2, 0.25) is 5.88 Å². The minimum absolute atomic E-state index is 0.125. The number of hydrogen-bond acceptors (Lipinski definition) is 7. The number of rotatable bonds is 5. The third kappa shape index (κ3) is 4.21. The van der Waals surface area contributed by atoms with Crippen molar-refractivity contribution in [3.8, 4) is 5.88 Å². The van der Waals surface area contributed by atoms with Gasteiger partial charge in [0.25, 0.3) is 0 Å².